The lowest BCUT2D eigenvalue weighted by atomic mass is 10.2. The summed E-state index contributed by atoms with van der Waals surface area (Å²) in [6.45, 7) is 3.27. The predicted octanol–water partition coefficient (Wildman–Crippen LogP) is 0.782. The monoisotopic (exact) mass is 226 g/mol. The molecule has 0 aliphatic heterocycles. The standard InChI is InChI=1S/C10H14N2O4/c1-4-7-8(11-5-16-7)9(13)12(3)6(2)10(14)15/h5-6H,4H2,1-3H3,(H,14,15). The number of carbonyl (C=O) groups excluding carboxylic acids is 1. The molecular weight excluding hydrogens is 212 g/mol. The van der Waals surface area contributed by atoms with Crippen LogP contribution in [0.1, 0.15) is 30.1 Å². The molecule has 1 rings (SSSR count). The van der Waals surface area contributed by atoms with E-state index in [1.54, 1.807) is 0 Å². The minimum Gasteiger partial charge on any atom is -0.480 e. The molecule has 1 N–H and O–H groups in total. The third-order valence-corrected chi connectivity index (χ3v) is 2.42. The molecule has 1 amide bonds. The maximum atomic E-state index is 11.9. The molecule has 0 bridgehead atoms. The van der Waals surface area contributed by atoms with Gasteiger partial charge in [-0.3, -0.25) is 4.79 Å². The number of hydrogen-bond acceptors (Lipinski definition) is 4. The van der Waals surface area contributed by atoms with Gasteiger partial charge in [-0.15, -0.1) is 0 Å². The molecule has 1 aromatic heterocycles. The summed E-state index contributed by atoms with van der Waals surface area (Å²) < 4.78 is 5.02. The molecule has 0 saturated carbocycles. The van der Waals surface area contributed by atoms with Crippen LogP contribution in [0.4, 0.5) is 0 Å². The minimum atomic E-state index is -1.06. The zero-order chi connectivity index (χ0) is 12.3. The quantitative estimate of drug-likeness (QED) is 0.820. The van der Waals surface area contributed by atoms with Gasteiger partial charge in [-0.05, 0) is 6.92 Å². The molecule has 0 radical (unpaired) electrons. The smallest absolute Gasteiger partial charge is 0.326 e. The average molecular weight is 226 g/mol. The van der Waals surface area contributed by atoms with Crippen LogP contribution in [-0.2, 0) is 11.2 Å². The van der Waals surface area contributed by atoms with Gasteiger partial charge in [0.2, 0.25) is 0 Å². The molecule has 0 aliphatic rings. The Bertz CT molecular complexity index is 399. The fourth-order valence-corrected chi connectivity index (χ4v) is 1.20. The lowest BCUT2D eigenvalue weighted by molar-refractivity contribution is -0.141. The molecule has 0 saturated heterocycles. The Morgan fingerprint density at radius 1 is 1.62 bits per heavy atom. The number of carboxylic acid groups (broad SMARTS) is 1. The molecule has 0 spiro atoms. The Hall–Kier alpha value is -1.85. The van der Waals surface area contributed by atoms with Crippen LogP contribution in [0.5, 0.6) is 0 Å². The number of amides is 1. The number of carboxylic acids is 1. The molecule has 16 heavy (non-hydrogen) atoms. The fourth-order valence-electron chi connectivity index (χ4n) is 1.20. The molecule has 1 atom stereocenters. The van der Waals surface area contributed by atoms with Crippen molar-refractivity contribution in [1.82, 2.24) is 9.88 Å². The number of aliphatic carboxylic acids is 1. The van der Waals surface area contributed by atoms with Crippen molar-refractivity contribution in [3.63, 3.8) is 0 Å². The number of likely N-dealkylation sites (N-methyl/N-ethyl adjacent to an activating group) is 1. The van der Waals surface area contributed by atoms with Gasteiger partial charge in [0.05, 0.1) is 0 Å². The van der Waals surface area contributed by atoms with E-state index in [1.165, 1.54) is 20.4 Å². The van der Waals surface area contributed by atoms with E-state index >= 15 is 0 Å². The van der Waals surface area contributed by atoms with Crippen molar-refractivity contribution in [3.8, 4) is 0 Å². The number of aryl methyl sites for hydroxylation is 1. The summed E-state index contributed by atoms with van der Waals surface area (Å²) >= 11 is 0. The molecule has 0 fully saturated rings. The van der Waals surface area contributed by atoms with E-state index in [0.29, 0.717) is 12.2 Å². The van der Waals surface area contributed by atoms with E-state index in [2.05, 4.69) is 4.98 Å². The summed E-state index contributed by atoms with van der Waals surface area (Å²) in [5.41, 5.74) is 0.179. The van der Waals surface area contributed by atoms with Gasteiger partial charge in [-0.25, -0.2) is 9.78 Å². The second-order valence-corrected chi connectivity index (χ2v) is 3.41. The molecule has 1 unspecified atom stereocenters. The van der Waals surface area contributed by atoms with Gasteiger partial charge >= 0.3 is 5.97 Å². The van der Waals surface area contributed by atoms with Crippen LogP contribution in [0.2, 0.25) is 0 Å². The summed E-state index contributed by atoms with van der Waals surface area (Å²) in [4.78, 5) is 27.5. The van der Waals surface area contributed by atoms with Crippen LogP contribution in [0, 0.1) is 0 Å². The highest BCUT2D eigenvalue weighted by Gasteiger charge is 2.26. The topological polar surface area (TPSA) is 83.6 Å². The average Bonchev–Trinajstić information content (AvgIpc) is 2.73. The first-order valence-corrected chi connectivity index (χ1v) is 4.91. The Morgan fingerprint density at radius 2 is 2.25 bits per heavy atom. The molecule has 0 aliphatic carbocycles. The number of rotatable bonds is 4. The highest BCUT2D eigenvalue weighted by atomic mass is 16.4. The first-order chi connectivity index (χ1) is 7.49. The number of nitrogens with zero attached hydrogens (tertiary/aromatic N) is 2. The van der Waals surface area contributed by atoms with Crippen LogP contribution in [0.15, 0.2) is 10.8 Å². The van der Waals surface area contributed by atoms with Gasteiger partial charge in [-0.1, -0.05) is 6.92 Å². The maximum Gasteiger partial charge on any atom is 0.326 e. The molecule has 88 valence electrons. The van der Waals surface area contributed by atoms with Crippen molar-refractivity contribution < 1.29 is 19.1 Å². The van der Waals surface area contributed by atoms with E-state index in [-0.39, 0.29) is 5.69 Å². The van der Waals surface area contributed by atoms with E-state index in [4.69, 9.17) is 9.52 Å². The van der Waals surface area contributed by atoms with Gasteiger partial charge in [0.1, 0.15) is 11.8 Å². The van der Waals surface area contributed by atoms with Crippen molar-refractivity contribution in [2.75, 3.05) is 7.05 Å². The zero-order valence-electron chi connectivity index (χ0n) is 9.43. The van der Waals surface area contributed by atoms with Crippen molar-refractivity contribution in [3.05, 3.63) is 17.8 Å². The first kappa shape index (κ1) is 12.2. The van der Waals surface area contributed by atoms with Crippen LogP contribution in [0.3, 0.4) is 0 Å². The minimum absolute atomic E-state index is 0.179. The maximum absolute atomic E-state index is 11.9. The van der Waals surface area contributed by atoms with E-state index < -0.39 is 17.9 Å². The van der Waals surface area contributed by atoms with Crippen LogP contribution in [0.25, 0.3) is 0 Å². The van der Waals surface area contributed by atoms with E-state index in [0.717, 1.165) is 4.90 Å². The molecule has 6 heteroatoms. The summed E-state index contributed by atoms with van der Waals surface area (Å²) in [7, 11) is 1.43. The van der Waals surface area contributed by atoms with Crippen molar-refractivity contribution in [2.24, 2.45) is 0 Å². The third-order valence-electron chi connectivity index (χ3n) is 2.42. The predicted molar refractivity (Wildman–Crippen MR) is 55.1 cm³/mol. The summed E-state index contributed by atoms with van der Waals surface area (Å²) in [6.07, 6.45) is 1.72. The SMILES string of the molecule is CCc1ocnc1C(=O)N(C)C(C)C(=O)O. The normalized spacial score (nSPS) is 12.2. The highest BCUT2D eigenvalue weighted by molar-refractivity contribution is 5.95. The second kappa shape index (κ2) is 4.78. The largest absolute Gasteiger partial charge is 0.480 e. The van der Waals surface area contributed by atoms with E-state index in [1.807, 2.05) is 6.92 Å². The summed E-state index contributed by atoms with van der Waals surface area (Å²) in [5, 5.41) is 8.79. The molecule has 6 nitrogen and oxygen atoms in total. The number of aromatic nitrogens is 1. The molecule has 1 heterocycles. The lowest BCUT2D eigenvalue weighted by Gasteiger charge is -2.20. The van der Waals surface area contributed by atoms with E-state index in [9.17, 15) is 9.59 Å². The highest BCUT2D eigenvalue weighted by Crippen LogP contribution is 2.11. The van der Waals surface area contributed by atoms with Gasteiger partial charge < -0.3 is 14.4 Å². The second-order valence-electron chi connectivity index (χ2n) is 3.41. The molecular formula is C10H14N2O4. The third kappa shape index (κ3) is 2.21. The van der Waals surface area contributed by atoms with Gasteiger partial charge in [0, 0.05) is 13.5 Å². The Labute approximate surface area is 92.9 Å². The number of hydrogen-bond donors (Lipinski definition) is 1. The van der Waals surface area contributed by atoms with Crippen molar-refractivity contribution >= 4 is 11.9 Å². The van der Waals surface area contributed by atoms with Crippen LogP contribution < -0.4 is 0 Å². The first-order valence-electron chi connectivity index (χ1n) is 4.91. The lowest BCUT2D eigenvalue weighted by Crippen LogP contribution is -2.40. The summed E-state index contributed by atoms with van der Waals surface area (Å²) in [6, 6.07) is -0.895. The van der Waals surface area contributed by atoms with Gasteiger partial charge in [-0.2, -0.15) is 0 Å². The van der Waals surface area contributed by atoms with Crippen molar-refractivity contribution in [1.29, 1.82) is 0 Å². The zero-order valence-corrected chi connectivity index (χ0v) is 9.43. The Balaban J connectivity index is 2.90. The van der Waals surface area contributed by atoms with Gasteiger partial charge in [0.25, 0.3) is 5.91 Å². The Morgan fingerprint density at radius 3 is 2.75 bits per heavy atom. The van der Waals surface area contributed by atoms with Crippen molar-refractivity contribution in [2.45, 2.75) is 26.3 Å². The number of carbonyl (C=O) groups is 2. The molecule has 0 aromatic carbocycles. The number of oxazole rings is 1. The summed E-state index contributed by atoms with van der Waals surface area (Å²) in [5.74, 6) is -1.03. The van der Waals surface area contributed by atoms with Crippen LogP contribution >= 0.6 is 0 Å². The van der Waals surface area contributed by atoms with Gasteiger partial charge in [0.15, 0.2) is 12.1 Å². The van der Waals surface area contributed by atoms with Crippen LogP contribution in [-0.4, -0.2) is 40.0 Å². The fraction of sp³-hybridized carbons (Fsp3) is 0.500. The Kier molecular flexibility index (Phi) is 3.65. The molecule has 1 aromatic rings.